The van der Waals surface area contributed by atoms with Gasteiger partial charge in [0.05, 0.1) is 6.61 Å². The van der Waals surface area contributed by atoms with Crippen molar-refractivity contribution in [2.45, 2.75) is 59.5 Å². The predicted octanol–water partition coefficient (Wildman–Crippen LogP) is 3.94. The third-order valence-corrected chi connectivity index (χ3v) is 6.46. The molecule has 0 aromatic rings. The Morgan fingerprint density at radius 3 is 2.43 bits per heavy atom. The maximum atomic E-state index is 13.1. The summed E-state index contributed by atoms with van der Waals surface area (Å²) < 4.78 is 10.3. The molecule has 0 aliphatic heterocycles. The molecule has 8 heteroatoms. The Kier molecular flexibility index (Phi) is 7.40. The lowest BCUT2D eigenvalue weighted by Gasteiger charge is -2.22. The van der Waals surface area contributed by atoms with Gasteiger partial charge in [0.2, 0.25) is 11.2 Å². The van der Waals surface area contributed by atoms with Gasteiger partial charge in [-0.15, -0.1) is 6.58 Å². The quantitative estimate of drug-likeness (QED) is 0.198. The molecule has 1 N–H and O–H groups in total. The van der Waals surface area contributed by atoms with Gasteiger partial charge < -0.3 is 14.6 Å². The van der Waals surface area contributed by atoms with E-state index in [9.17, 15) is 24.9 Å². The molecule has 2 fully saturated rings. The number of ether oxygens (including phenoxy) is 2. The number of diazo groups is 1. The molecule has 8 nitrogen and oxygen atoms in total. The molecule has 2 aliphatic rings. The van der Waals surface area contributed by atoms with E-state index < -0.39 is 41.3 Å². The van der Waals surface area contributed by atoms with Gasteiger partial charge in [0.25, 0.3) is 0 Å². The van der Waals surface area contributed by atoms with Crippen molar-refractivity contribution in [1.82, 2.24) is 0 Å². The summed E-state index contributed by atoms with van der Waals surface area (Å²) in [6.07, 6.45) is 2.95. The minimum Gasteiger partial charge on any atom is -0.505 e. The molecule has 0 heterocycles. The van der Waals surface area contributed by atoms with E-state index in [1.165, 1.54) is 6.92 Å². The summed E-state index contributed by atoms with van der Waals surface area (Å²) in [5.74, 6) is -3.05. The first kappa shape index (κ1) is 23.6. The maximum absolute atomic E-state index is 13.1. The fourth-order valence-corrected chi connectivity index (χ4v) is 4.93. The van der Waals surface area contributed by atoms with Crippen molar-refractivity contribution in [2.24, 2.45) is 29.1 Å². The van der Waals surface area contributed by atoms with Gasteiger partial charge in [-0.05, 0) is 31.1 Å². The molecule has 2 saturated carbocycles. The van der Waals surface area contributed by atoms with Gasteiger partial charge in [0.1, 0.15) is 11.9 Å². The van der Waals surface area contributed by atoms with Crippen LogP contribution in [0, 0.1) is 34.5 Å². The van der Waals surface area contributed by atoms with Gasteiger partial charge in [-0.3, -0.25) is 9.59 Å². The van der Waals surface area contributed by atoms with Crippen molar-refractivity contribution in [1.29, 1.82) is 5.39 Å². The van der Waals surface area contributed by atoms with Crippen LogP contribution >= 0.6 is 0 Å². The number of aliphatic hydroxyl groups is 1. The second kappa shape index (κ2) is 9.41. The minimum atomic E-state index is -0.943. The molecule has 0 aromatic carbocycles. The number of ketones is 1. The van der Waals surface area contributed by atoms with E-state index in [-0.39, 0.29) is 36.1 Å². The summed E-state index contributed by atoms with van der Waals surface area (Å²) in [5.41, 5.74) is -0.695. The molecule has 0 bridgehead atoms. The Balaban J connectivity index is 2.21. The highest BCUT2D eigenvalue weighted by Crippen LogP contribution is 2.61. The second-order valence-corrected chi connectivity index (χ2v) is 8.63. The molecule has 0 unspecified atom stereocenters. The van der Waals surface area contributed by atoms with Crippen LogP contribution in [0.2, 0.25) is 0 Å². The standard InChI is InChI=1S/C22H30N2O6/c1-6-15-18(22(15,4)5)17(30-12(3)25)11-16(26)13-9-8-10-14(13)20(27)19(24-23)21(28)29-7-2/h6,13-15,17-18H,1,7-11H2,2-5H3/p+1/t13-,14-,15-,17+,18-/m0/s1. The fourth-order valence-electron chi connectivity index (χ4n) is 4.93. The van der Waals surface area contributed by atoms with E-state index in [0.29, 0.717) is 19.3 Å². The van der Waals surface area contributed by atoms with Crippen molar-refractivity contribution >= 4 is 17.7 Å². The molecule has 30 heavy (non-hydrogen) atoms. The van der Waals surface area contributed by atoms with E-state index in [0.717, 1.165) is 0 Å². The molecule has 0 spiro atoms. The van der Waals surface area contributed by atoms with Crippen molar-refractivity contribution < 1.29 is 29.0 Å². The number of carbonyl (C=O) groups is 3. The van der Waals surface area contributed by atoms with Crippen LogP contribution in [0.4, 0.5) is 0 Å². The van der Waals surface area contributed by atoms with Crippen molar-refractivity contribution in [3.05, 3.63) is 29.1 Å². The average Bonchev–Trinajstić information content (AvgIpc) is 3.01. The zero-order chi connectivity index (χ0) is 22.6. The van der Waals surface area contributed by atoms with Crippen LogP contribution in [0.15, 0.2) is 24.1 Å². The first-order valence-corrected chi connectivity index (χ1v) is 10.4. The number of rotatable bonds is 9. The predicted molar refractivity (Wildman–Crippen MR) is 108 cm³/mol. The summed E-state index contributed by atoms with van der Waals surface area (Å²) in [7, 11) is 0. The molecule has 0 aromatic heterocycles. The van der Waals surface area contributed by atoms with Crippen molar-refractivity contribution in [3.8, 4) is 0 Å². The highest BCUT2D eigenvalue weighted by Gasteiger charge is 2.61. The van der Waals surface area contributed by atoms with E-state index >= 15 is 0 Å². The Labute approximate surface area is 176 Å². The van der Waals surface area contributed by atoms with E-state index in [4.69, 9.17) is 9.47 Å². The van der Waals surface area contributed by atoms with Gasteiger partial charge in [0.15, 0.2) is 4.98 Å². The van der Waals surface area contributed by atoms with Crippen LogP contribution < -0.4 is 0 Å². The van der Waals surface area contributed by atoms with E-state index in [1.807, 2.05) is 19.9 Å². The topological polar surface area (TPSA) is 118 Å². The summed E-state index contributed by atoms with van der Waals surface area (Å²) in [6, 6.07) is 0. The molecular weight excluding hydrogens is 388 g/mol. The lowest BCUT2D eigenvalue weighted by atomic mass is 9.86. The number of aliphatic hydroxyl groups excluding tert-OH is 1. The van der Waals surface area contributed by atoms with Crippen LogP contribution in [0.25, 0.3) is 4.98 Å². The third kappa shape index (κ3) is 4.72. The average molecular weight is 419 g/mol. The number of hydrogen-bond donors (Lipinski definition) is 1. The number of esters is 2. The maximum Gasteiger partial charge on any atom is 0.505 e. The molecule has 2 rings (SSSR count). The Morgan fingerprint density at radius 2 is 1.93 bits per heavy atom. The van der Waals surface area contributed by atoms with Crippen molar-refractivity contribution in [2.75, 3.05) is 6.61 Å². The first-order valence-electron chi connectivity index (χ1n) is 10.4. The number of hydrogen-bond acceptors (Lipinski definition) is 7. The zero-order valence-electron chi connectivity index (χ0n) is 18.1. The monoisotopic (exact) mass is 419 g/mol. The zero-order valence-corrected chi connectivity index (χ0v) is 18.1. The summed E-state index contributed by atoms with van der Waals surface area (Å²) in [5, 5.41) is 19.7. The second-order valence-electron chi connectivity index (χ2n) is 8.63. The van der Waals surface area contributed by atoms with Crippen LogP contribution in [0.1, 0.15) is 53.4 Å². The summed E-state index contributed by atoms with van der Waals surface area (Å²) in [6.45, 7) is 10.9. The highest BCUT2D eigenvalue weighted by molar-refractivity contribution is 5.91. The number of nitrogens with zero attached hydrogens (tertiary/aromatic N) is 2. The van der Waals surface area contributed by atoms with Crippen LogP contribution in [0.5, 0.6) is 0 Å². The van der Waals surface area contributed by atoms with Crippen molar-refractivity contribution in [3.63, 3.8) is 0 Å². The molecule has 0 radical (unpaired) electrons. The Morgan fingerprint density at radius 1 is 1.30 bits per heavy atom. The number of allylic oxidation sites excluding steroid dienone is 2. The van der Waals surface area contributed by atoms with Crippen LogP contribution in [-0.4, -0.2) is 35.5 Å². The van der Waals surface area contributed by atoms with Gasteiger partial charge in [-0.1, -0.05) is 26.3 Å². The fraction of sp³-hybridized carbons (Fsp3) is 0.682. The summed E-state index contributed by atoms with van der Waals surface area (Å²) in [4.78, 5) is 39.6. The normalized spacial score (nSPS) is 28.5. The number of carbonyl (C=O) groups excluding carboxylic acids is 3. The molecule has 0 amide bonds. The smallest absolute Gasteiger partial charge is 0.505 e. The minimum absolute atomic E-state index is 0.00521. The van der Waals surface area contributed by atoms with Gasteiger partial charge in [-0.25, -0.2) is 4.79 Å². The van der Waals surface area contributed by atoms with Gasteiger partial charge in [0, 0.05) is 31.1 Å². The highest BCUT2D eigenvalue weighted by atomic mass is 16.5. The molecule has 0 saturated heterocycles. The Hall–Kier alpha value is -2.69. The van der Waals surface area contributed by atoms with Crippen LogP contribution in [0.3, 0.4) is 0 Å². The Bertz CT molecular complexity index is 794. The van der Waals surface area contributed by atoms with E-state index in [2.05, 4.69) is 11.6 Å². The lowest BCUT2D eigenvalue weighted by Crippen LogP contribution is -2.30. The lowest BCUT2D eigenvalue weighted by molar-refractivity contribution is -0.150. The SMILES string of the molecule is C=C[C@H]1[C@@H]([C@@H](CC(=O)[C@H]2CCC[C@@H]2/C(O)=C(\[N+]#N)C(=O)OCC)OC(C)=O)C1(C)C. The molecule has 164 valence electrons. The molecule has 2 aliphatic carbocycles. The summed E-state index contributed by atoms with van der Waals surface area (Å²) >= 11 is 0. The van der Waals surface area contributed by atoms with Crippen LogP contribution in [-0.2, 0) is 23.9 Å². The number of Topliss-reactive ketones (excluding diaryl/α,β-unsaturated/α-hetero) is 1. The first-order chi connectivity index (χ1) is 14.1. The van der Waals surface area contributed by atoms with E-state index in [1.54, 1.807) is 6.92 Å². The largest absolute Gasteiger partial charge is 0.505 e. The molecule has 5 atom stereocenters. The van der Waals surface area contributed by atoms with Gasteiger partial charge >= 0.3 is 17.6 Å². The third-order valence-electron chi connectivity index (χ3n) is 6.46. The molecular formula is C22H31N2O6+. The van der Waals surface area contributed by atoms with Gasteiger partial charge in [-0.2, -0.15) is 0 Å².